The normalized spacial score (nSPS) is 21.1. The van der Waals surface area contributed by atoms with Gasteiger partial charge in [0.15, 0.2) is 0 Å². The van der Waals surface area contributed by atoms with Gasteiger partial charge in [0.2, 0.25) is 0 Å². The summed E-state index contributed by atoms with van der Waals surface area (Å²) >= 11 is 0. The van der Waals surface area contributed by atoms with Gasteiger partial charge >= 0.3 is 0 Å². The summed E-state index contributed by atoms with van der Waals surface area (Å²) in [6, 6.07) is 38.0. The molecule has 4 aliphatic rings. The van der Waals surface area contributed by atoms with Gasteiger partial charge in [-0.25, -0.2) is 0 Å². The van der Waals surface area contributed by atoms with Crippen LogP contribution in [0, 0.1) is 0 Å². The summed E-state index contributed by atoms with van der Waals surface area (Å²) in [4.78, 5) is 7.89. The van der Waals surface area contributed by atoms with E-state index in [9.17, 15) is 0 Å². The van der Waals surface area contributed by atoms with E-state index >= 15 is 0 Å². The Kier molecular flexibility index (Phi) is 5.58. The fourth-order valence-corrected chi connectivity index (χ4v) is 7.48. The number of rotatable bonds is 3. The number of anilines is 2. The predicted octanol–water partition coefficient (Wildman–Crippen LogP) is 9.93. The lowest BCUT2D eigenvalue weighted by atomic mass is 9.87. The van der Waals surface area contributed by atoms with Crippen molar-refractivity contribution in [3.63, 3.8) is 0 Å². The van der Waals surface area contributed by atoms with Crippen molar-refractivity contribution in [1.29, 1.82) is 0 Å². The molecule has 0 bridgehead atoms. The lowest BCUT2D eigenvalue weighted by Crippen LogP contribution is -2.46. The maximum atomic E-state index is 5.51. The largest absolute Gasteiger partial charge is 0.373 e. The number of aryl methyl sites for hydroxylation is 1. The van der Waals surface area contributed by atoms with E-state index in [4.69, 9.17) is 4.99 Å². The number of hydrogen-bond acceptors (Lipinski definition) is 3. The van der Waals surface area contributed by atoms with E-state index in [2.05, 4.69) is 151 Å². The van der Waals surface area contributed by atoms with Crippen molar-refractivity contribution in [2.24, 2.45) is 4.99 Å². The number of hydrogen-bond donors (Lipinski definition) is 1. The highest BCUT2D eigenvalue weighted by atomic mass is 15.3. The van der Waals surface area contributed by atoms with Gasteiger partial charge in [0.25, 0.3) is 0 Å². The topological polar surface area (TPSA) is 27.6 Å². The van der Waals surface area contributed by atoms with Crippen LogP contribution in [0.4, 0.5) is 11.4 Å². The highest BCUT2D eigenvalue weighted by Crippen LogP contribution is 2.48. The molecule has 212 valence electrons. The SMILES string of the molecule is CC12CC=CC=C1NC1C(=N2)N(c2cccc(-c3ccccc3)c2)c2ccc(-c3ccc4c5c(ccc4c3)C=CCC5)cc21. The molecule has 2 heterocycles. The average Bonchev–Trinajstić information content (AvgIpc) is 3.38. The van der Waals surface area contributed by atoms with Crippen LogP contribution in [0.5, 0.6) is 0 Å². The Morgan fingerprint density at radius 3 is 2.57 bits per heavy atom. The Hall–Kier alpha value is -5.15. The number of amidine groups is 1. The Balaban J connectivity index is 1.18. The number of aliphatic imine (C=N–C) groups is 1. The van der Waals surface area contributed by atoms with Crippen LogP contribution in [-0.2, 0) is 6.42 Å². The van der Waals surface area contributed by atoms with Crippen LogP contribution in [0.25, 0.3) is 39.1 Å². The van der Waals surface area contributed by atoms with E-state index in [0.717, 1.165) is 30.8 Å². The van der Waals surface area contributed by atoms with Crippen molar-refractivity contribution in [3.05, 3.63) is 150 Å². The molecule has 9 rings (SSSR count). The van der Waals surface area contributed by atoms with Gasteiger partial charge in [-0.15, -0.1) is 0 Å². The van der Waals surface area contributed by atoms with E-state index in [1.54, 1.807) is 0 Å². The molecule has 0 radical (unpaired) electrons. The first-order chi connectivity index (χ1) is 21.6. The summed E-state index contributed by atoms with van der Waals surface area (Å²) in [5.41, 5.74) is 12.2. The lowest BCUT2D eigenvalue weighted by molar-refractivity contribution is 0.474. The second-order valence-corrected chi connectivity index (χ2v) is 12.6. The molecule has 1 N–H and O–H groups in total. The van der Waals surface area contributed by atoms with Gasteiger partial charge in [0.1, 0.15) is 17.4 Å². The molecule has 2 atom stereocenters. The second-order valence-electron chi connectivity index (χ2n) is 12.6. The number of nitrogens with one attached hydrogen (secondary N) is 1. The van der Waals surface area contributed by atoms with Crippen molar-refractivity contribution < 1.29 is 0 Å². The van der Waals surface area contributed by atoms with E-state index in [-0.39, 0.29) is 11.6 Å². The first kappa shape index (κ1) is 25.4. The van der Waals surface area contributed by atoms with Gasteiger partial charge in [-0.3, -0.25) is 9.89 Å². The van der Waals surface area contributed by atoms with Crippen molar-refractivity contribution in [1.82, 2.24) is 5.32 Å². The molecule has 5 aromatic carbocycles. The molecule has 44 heavy (non-hydrogen) atoms. The fourth-order valence-electron chi connectivity index (χ4n) is 7.48. The predicted molar refractivity (Wildman–Crippen MR) is 184 cm³/mol. The third-order valence-electron chi connectivity index (χ3n) is 9.79. The van der Waals surface area contributed by atoms with Gasteiger partial charge in [-0.2, -0.15) is 0 Å². The zero-order valence-electron chi connectivity index (χ0n) is 24.8. The minimum atomic E-state index is -0.298. The van der Waals surface area contributed by atoms with Gasteiger partial charge in [-0.05, 0) is 107 Å². The zero-order valence-corrected chi connectivity index (χ0v) is 24.8. The van der Waals surface area contributed by atoms with E-state index in [0.29, 0.717) is 0 Å². The molecule has 2 unspecified atom stereocenters. The van der Waals surface area contributed by atoms with Gasteiger partial charge in [-0.1, -0.05) is 97.1 Å². The quantitative estimate of drug-likeness (QED) is 0.235. The Morgan fingerprint density at radius 1 is 0.795 bits per heavy atom. The van der Waals surface area contributed by atoms with Crippen molar-refractivity contribution in [2.75, 3.05) is 4.90 Å². The maximum absolute atomic E-state index is 5.51. The zero-order chi connectivity index (χ0) is 29.3. The number of fused-ring (bicyclic) bond motifs is 7. The Bertz CT molecular complexity index is 2100. The van der Waals surface area contributed by atoms with Gasteiger partial charge in [0.05, 0.1) is 5.69 Å². The Morgan fingerprint density at radius 2 is 1.64 bits per heavy atom. The molecule has 0 saturated heterocycles. The third-order valence-corrected chi connectivity index (χ3v) is 9.79. The molecule has 0 saturated carbocycles. The average molecular weight is 568 g/mol. The molecule has 0 spiro atoms. The second kappa shape index (κ2) is 9.68. The highest BCUT2D eigenvalue weighted by molar-refractivity contribution is 6.14. The molecule has 3 nitrogen and oxygen atoms in total. The molecule has 0 amide bonds. The summed E-state index contributed by atoms with van der Waals surface area (Å²) in [6.45, 7) is 2.25. The maximum Gasteiger partial charge on any atom is 0.137 e. The molecule has 5 aromatic rings. The molecule has 2 aliphatic carbocycles. The number of nitrogens with zero attached hydrogens (tertiary/aromatic N) is 2. The molecule has 3 heteroatoms. The summed E-state index contributed by atoms with van der Waals surface area (Å²) in [6.07, 6.45) is 14.3. The van der Waals surface area contributed by atoms with Crippen LogP contribution in [0.3, 0.4) is 0 Å². The first-order valence-corrected chi connectivity index (χ1v) is 15.7. The summed E-state index contributed by atoms with van der Waals surface area (Å²) in [5, 5.41) is 6.62. The van der Waals surface area contributed by atoms with Crippen molar-refractivity contribution in [3.8, 4) is 22.3 Å². The summed E-state index contributed by atoms with van der Waals surface area (Å²) in [5.74, 6) is 1.07. The van der Waals surface area contributed by atoms with Crippen LogP contribution < -0.4 is 10.2 Å². The lowest BCUT2D eigenvalue weighted by Gasteiger charge is -2.39. The number of benzene rings is 5. The monoisotopic (exact) mass is 567 g/mol. The highest BCUT2D eigenvalue weighted by Gasteiger charge is 2.45. The van der Waals surface area contributed by atoms with Crippen LogP contribution in [0.15, 0.2) is 138 Å². The summed E-state index contributed by atoms with van der Waals surface area (Å²) < 4.78 is 0. The van der Waals surface area contributed by atoms with Gasteiger partial charge < -0.3 is 5.32 Å². The summed E-state index contributed by atoms with van der Waals surface area (Å²) in [7, 11) is 0. The standard InChI is InChI=1S/C41H33N3/c1-41-23-8-7-16-38(41)42-39-36-26-31(30-19-21-35-32(24-30)18-17-28-12-5-6-15-34(28)35)20-22-37(36)44(40(39)43-41)33-14-9-13-29(25-33)27-10-3-2-4-11-27/h2-5,7-14,16-22,24-26,39,42H,6,15,23H2,1H3. The fraction of sp³-hybridized carbons (Fsp3) is 0.146. The Labute approximate surface area is 258 Å². The van der Waals surface area contributed by atoms with Crippen LogP contribution in [0.1, 0.15) is 42.5 Å². The van der Waals surface area contributed by atoms with Crippen LogP contribution in [-0.4, -0.2) is 11.4 Å². The van der Waals surface area contributed by atoms with E-state index < -0.39 is 0 Å². The van der Waals surface area contributed by atoms with Crippen LogP contribution >= 0.6 is 0 Å². The van der Waals surface area contributed by atoms with E-state index in [1.807, 2.05) is 0 Å². The number of allylic oxidation sites excluding steroid dienone is 3. The smallest absolute Gasteiger partial charge is 0.137 e. The molecular formula is C41H33N3. The van der Waals surface area contributed by atoms with Crippen molar-refractivity contribution >= 4 is 34.1 Å². The van der Waals surface area contributed by atoms with Crippen molar-refractivity contribution in [2.45, 2.75) is 37.8 Å². The molecule has 0 aromatic heterocycles. The van der Waals surface area contributed by atoms with E-state index in [1.165, 1.54) is 61.1 Å². The third kappa shape index (κ3) is 3.92. The van der Waals surface area contributed by atoms with Gasteiger partial charge in [0, 0.05) is 16.9 Å². The minimum Gasteiger partial charge on any atom is -0.373 e. The molecule has 0 fully saturated rings. The van der Waals surface area contributed by atoms with Crippen LogP contribution in [0.2, 0.25) is 0 Å². The molecule has 2 aliphatic heterocycles. The minimum absolute atomic E-state index is 0.0181. The molecular weight excluding hydrogens is 534 g/mol. The first-order valence-electron chi connectivity index (χ1n) is 15.7.